The lowest BCUT2D eigenvalue weighted by molar-refractivity contribution is 0.0991. The highest BCUT2D eigenvalue weighted by molar-refractivity contribution is 4.92. The van der Waals surface area contributed by atoms with E-state index in [4.69, 9.17) is 0 Å². The molecular formula is C21H43N. The highest BCUT2D eigenvalue weighted by Gasteiger charge is 2.35. The van der Waals surface area contributed by atoms with Crippen molar-refractivity contribution >= 4 is 0 Å². The van der Waals surface area contributed by atoms with Gasteiger partial charge in [-0.1, -0.05) is 78.1 Å². The molecule has 1 saturated heterocycles. The van der Waals surface area contributed by atoms with E-state index in [0.29, 0.717) is 5.54 Å². The first-order valence-corrected chi connectivity index (χ1v) is 10.4. The van der Waals surface area contributed by atoms with Crippen LogP contribution in [0.5, 0.6) is 0 Å². The van der Waals surface area contributed by atoms with E-state index in [9.17, 15) is 0 Å². The highest BCUT2D eigenvalue weighted by atomic mass is 15.2. The lowest BCUT2D eigenvalue weighted by atomic mass is 9.94. The number of hydrogen-bond donors (Lipinski definition) is 0. The third-order valence-electron chi connectivity index (χ3n) is 5.69. The highest BCUT2D eigenvalue weighted by Crippen LogP contribution is 2.33. The summed E-state index contributed by atoms with van der Waals surface area (Å²) in [6, 6.07) is 0.862. The van der Waals surface area contributed by atoms with Gasteiger partial charge in [0.1, 0.15) is 0 Å². The van der Waals surface area contributed by atoms with Crippen LogP contribution >= 0.6 is 0 Å². The normalized spacial score (nSPS) is 18.4. The third kappa shape index (κ3) is 7.49. The summed E-state index contributed by atoms with van der Waals surface area (Å²) in [5.41, 5.74) is 0.456. The molecule has 1 nitrogen and oxygen atoms in total. The van der Waals surface area contributed by atoms with Gasteiger partial charge in [0.15, 0.2) is 0 Å². The smallest absolute Gasteiger partial charge is 0.0156 e. The van der Waals surface area contributed by atoms with Crippen molar-refractivity contribution in [2.45, 2.75) is 129 Å². The molecule has 0 bridgehead atoms. The number of rotatable bonds is 13. The van der Waals surface area contributed by atoms with Crippen LogP contribution in [-0.4, -0.2) is 23.0 Å². The monoisotopic (exact) mass is 309 g/mol. The van der Waals surface area contributed by atoms with E-state index in [2.05, 4.69) is 32.6 Å². The maximum Gasteiger partial charge on any atom is 0.0156 e. The molecule has 132 valence electrons. The van der Waals surface area contributed by atoms with E-state index < -0.39 is 0 Å². The molecule has 0 aromatic carbocycles. The SMILES string of the molecule is CCCCCCCC(CCCCCCC)N1CCCC1(C)C. The van der Waals surface area contributed by atoms with E-state index in [0.717, 1.165) is 6.04 Å². The first-order chi connectivity index (χ1) is 10.6. The van der Waals surface area contributed by atoms with Gasteiger partial charge in [0.25, 0.3) is 0 Å². The third-order valence-corrected chi connectivity index (χ3v) is 5.69. The summed E-state index contributed by atoms with van der Waals surface area (Å²) in [5.74, 6) is 0. The van der Waals surface area contributed by atoms with Gasteiger partial charge in [0.05, 0.1) is 0 Å². The molecule has 0 radical (unpaired) electrons. The minimum Gasteiger partial charge on any atom is -0.295 e. The predicted molar refractivity (Wildman–Crippen MR) is 101 cm³/mol. The van der Waals surface area contributed by atoms with Gasteiger partial charge in [-0.25, -0.2) is 0 Å². The van der Waals surface area contributed by atoms with Gasteiger partial charge in [-0.05, 0) is 46.1 Å². The molecule has 0 aromatic rings. The Hall–Kier alpha value is -0.0400. The zero-order valence-corrected chi connectivity index (χ0v) is 16.1. The molecule has 0 spiro atoms. The summed E-state index contributed by atoms with van der Waals surface area (Å²) in [6.45, 7) is 10.9. The molecule has 0 atom stereocenters. The zero-order chi connectivity index (χ0) is 16.3. The first-order valence-electron chi connectivity index (χ1n) is 10.4. The van der Waals surface area contributed by atoms with Crippen molar-refractivity contribution in [2.24, 2.45) is 0 Å². The van der Waals surface area contributed by atoms with Gasteiger partial charge in [-0.2, -0.15) is 0 Å². The standard InChI is InChI=1S/C21H43N/c1-5-7-9-11-13-16-20(17-14-12-10-8-6-2)22-19-15-18-21(22,3)4/h20H,5-19H2,1-4H3. The first kappa shape index (κ1) is 20.0. The minimum atomic E-state index is 0.456. The summed E-state index contributed by atoms with van der Waals surface area (Å²) < 4.78 is 0. The number of likely N-dealkylation sites (tertiary alicyclic amines) is 1. The van der Waals surface area contributed by atoms with E-state index in [1.165, 1.54) is 96.4 Å². The van der Waals surface area contributed by atoms with E-state index >= 15 is 0 Å². The topological polar surface area (TPSA) is 3.24 Å². The molecule has 0 aliphatic carbocycles. The molecular weight excluding hydrogens is 266 g/mol. The second kappa shape index (κ2) is 11.5. The largest absolute Gasteiger partial charge is 0.295 e. The molecule has 1 aliphatic heterocycles. The molecule has 0 N–H and O–H groups in total. The average molecular weight is 310 g/mol. The van der Waals surface area contributed by atoms with Gasteiger partial charge < -0.3 is 0 Å². The van der Waals surface area contributed by atoms with Crippen LogP contribution in [0.4, 0.5) is 0 Å². The second-order valence-corrected chi connectivity index (χ2v) is 8.17. The summed E-state index contributed by atoms with van der Waals surface area (Å²) in [5, 5.41) is 0. The molecule has 1 heteroatoms. The maximum atomic E-state index is 2.87. The van der Waals surface area contributed by atoms with E-state index in [-0.39, 0.29) is 0 Å². The van der Waals surface area contributed by atoms with Crippen LogP contribution in [0.1, 0.15) is 118 Å². The Bertz CT molecular complexity index is 245. The fourth-order valence-electron chi connectivity index (χ4n) is 4.23. The molecule has 1 aliphatic rings. The number of hydrogen-bond acceptors (Lipinski definition) is 1. The van der Waals surface area contributed by atoms with Crippen LogP contribution in [-0.2, 0) is 0 Å². The summed E-state index contributed by atoms with van der Waals surface area (Å²) in [6.07, 6.45) is 20.0. The van der Waals surface area contributed by atoms with E-state index in [1.54, 1.807) is 0 Å². The van der Waals surface area contributed by atoms with Crippen molar-refractivity contribution < 1.29 is 0 Å². The Morgan fingerprint density at radius 1 is 0.773 bits per heavy atom. The molecule has 1 rings (SSSR count). The van der Waals surface area contributed by atoms with Crippen molar-refractivity contribution in [1.29, 1.82) is 0 Å². The minimum absolute atomic E-state index is 0.456. The van der Waals surface area contributed by atoms with Gasteiger partial charge >= 0.3 is 0 Å². The molecule has 0 amide bonds. The fraction of sp³-hybridized carbons (Fsp3) is 1.00. The fourth-order valence-corrected chi connectivity index (χ4v) is 4.23. The Balaban J connectivity index is 2.35. The Morgan fingerprint density at radius 3 is 1.68 bits per heavy atom. The Kier molecular flexibility index (Phi) is 10.4. The van der Waals surface area contributed by atoms with E-state index in [1.807, 2.05) is 0 Å². The molecule has 0 unspecified atom stereocenters. The average Bonchev–Trinajstić information content (AvgIpc) is 2.84. The zero-order valence-electron chi connectivity index (χ0n) is 16.1. The predicted octanol–water partition coefficient (Wildman–Crippen LogP) is 6.95. The second-order valence-electron chi connectivity index (χ2n) is 8.17. The van der Waals surface area contributed by atoms with Crippen LogP contribution in [0.25, 0.3) is 0 Å². The molecule has 22 heavy (non-hydrogen) atoms. The number of nitrogens with zero attached hydrogens (tertiary/aromatic N) is 1. The Labute approximate surface area is 141 Å². The Morgan fingerprint density at radius 2 is 1.27 bits per heavy atom. The van der Waals surface area contributed by atoms with Crippen molar-refractivity contribution in [3.8, 4) is 0 Å². The van der Waals surface area contributed by atoms with Crippen LogP contribution < -0.4 is 0 Å². The molecule has 0 aromatic heterocycles. The summed E-state index contributed by atoms with van der Waals surface area (Å²) in [7, 11) is 0. The van der Waals surface area contributed by atoms with Gasteiger partial charge in [0.2, 0.25) is 0 Å². The van der Waals surface area contributed by atoms with Crippen molar-refractivity contribution in [3.05, 3.63) is 0 Å². The molecule has 1 heterocycles. The molecule has 0 saturated carbocycles. The lowest BCUT2D eigenvalue weighted by Crippen LogP contribution is -2.45. The van der Waals surface area contributed by atoms with Gasteiger partial charge in [0, 0.05) is 11.6 Å². The quantitative estimate of drug-likeness (QED) is 0.333. The van der Waals surface area contributed by atoms with Crippen LogP contribution in [0, 0.1) is 0 Å². The van der Waals surface area contributed by atoms with Gasteiger partial charge in [-0.3, -0.25) is 4.90 Å². The van der Waals surface area contributed by atoms with Crippen LogP contribution in [0.3, 0.4) is 0 Å². The molecule has 1 fully saturated rings. The number of unbranched alkanes of at least 4 members (excludes halogenated alkanes) is 8. The van der Waals surface area contributed by atoms with Gasteiger partial charge in [-0.15, -0.1) is 0 Å². The summed E-state index contributed by atoms with van der Waals surface area (Å²) >= 11 is 0. The van der Waals surface area contributed by atoms with Crippen molar-refractivity contribution in [2.75, 3.05) is 6.54 Å². The van der Waals surface area contributed by atoms with Crippen molar-refractivity contribution in [3.63, 3.8) is 0 Å². The maximum absolute atomic E-state index is 2.87. The van der Waals surface area contributed by atoms with Crippen LogP contribution in [0.2, 0.25) is 0 Å². The summed E-state index contributed by atoms with van der Waals surface area (Å²) in [4.78, 5) is 2.87. The van der Waals surface area contributed by atoms with Crippen molar-refractivity contribution in [1.82, 2.24) is 4.90 Å². The van der Waals surface area contributed by atoms with Crippen LogP contribution in [0.15, 0.2) is 0 Å². The lowest BCUT2D eigenvalue weighted by Gasteiger charge is -2.39.